The Bertz CT molecular complexity index is 728. The van der Waals surface area contributed by atoms with E-state index in [9.17, 15) is 9.59 Å². The van der Waals surface area contributed by atoms with Gasteiger partial charge >= 0.3 is 5.97 Å². The first kappa shape index (κ1) is 17.8. The van der Waals surface area contributed by atoms with Crippen molar-refractivity contribution in [2.45, 2.75) is 77.7 Å². The Morgan fingerprint density at radius 2 is 1.88 bits per heavy atom. The highest BCUT2D eigenvalue weighted by Gasteiger charge is 2.65. The SMILES string of the molecule is C#C[C@]1(OC(C)=O)CC[C@H]2[C@@H]3CCC4=CC(=O)CC[C@]4(C)[C@H]3CC[C@@]21C. The van der Waals surface area contributed by atoms with E-state index in [0.717, 1.165) is 44.9 Å². The van der Waals surface area contributed by atoms with E-state index in [4.69, 9.17) is 11.2 Å². The quantitative estimate of drug-likeness (QED) is 0.516. The molecule has 0 radical (unpaired) electrons. The Balaban J connectivity index is 1.69. The predicted octanol–water partition coefficient (Wildman–Crippen LogP) is 4.45. The highest BCUT2D eigenvalue weighted by atomic mass is 16.6. The molecular weight excluding hydrogens is 324 g/mol. The summed E-state index contributed by atoms with van der Waals surface area (Å²) in [6, 6.07) is 0. The molecule has 4 aliphatic rings. The zero-order valence-corrected chi connectivity index (χ0v) is 16.3. The number of carbonyl (C=O) groups excluding carboxylic acids is 2. The lowest BCUT2D eigenvalue weighted by atomic mass is 9.46. The minimum absolute atomic E-state index is 0.128. The summed E-state index contributed by atoms with van der Waals surface area (Å²) in [6.07, 6.45) is 15.7. The zero-order valence-electron chi connectivity index (χ0n) is 16.3. The van der Waals surface area contributed by atoms with Crippen LogP contribution < -0.4 is 0 Å². The van der Waals surface area contributed by atoms with Gasteiger partial charge in [-0.1, -0.05) is 25.3 Å². The van der Waals surface area contributed by atoms with Crippen molar-refractivity contribution in [2.24, 2.45) is 28.6 Å². The number of ketones is 1. The minimum Gasteiger partial charge on any atom is -0.445 e. The lowest BCUT2D eigenvalue weighted by Crippen LogP contribution is -2.55. The number of esters is 1. The Hall–Kier alpha value is -1.56. The molecule has 0 bridgehead atoms. The summed E-state index contributed by atoms with van der Waals surface area (Å²) in [7, 11) is 0. The molecule has 0 aliphatic heterocycles. The number of ether oxygens (including phenoxy) is 1. The van der Waals surface area contributed by atoms with Crippen LogP contribution in [-0.4, -0.2) is 17.4 Å². The molecule has 0 heterocycles. The number of terminal acetylenes is 1. The number of fused-ring (bicyclic) bond motifs is 5. The molecule has 0 spiro atoms. The van der Waals surface area contributed by atoms with Crippen molar-refractivity contribution >= 4 is 11.8 Å². The minimum atomic E-state index is -0.742. The molecule has 3 nitrogen and oxygen atoms in total. The first-order chi connectivity index (χ1) is 12.3. The topological polar surface area (TPSA) is 43.4 Å². The van der Waals surface area contributed by atoms with Crippen LogP contribution >= 0.6 is 0 Å². The first-order valence-electron chi connectivity index (χ1n) is 10.2. The average molecular weight is 354 g/mol. The fraction of sp³-hybridized carbons (Fsp3) is 0.739. The van der Waals surface area contributed by atoms with Crippen molar-refractivity contribution in [3.05, 3.63) is 11.6 Å². The van der Waals surface area contributed by atoms with E-state index in [1.54, 1.807) is 0 Å². The number of hydrogen-bond donors (Lipinski definition) is 0. The van der Waals surface area contributed by atoms with E-state index < -0.39 is 5.60 Å². The molecular formula is C23H30O3. The smallest absolute Gasteiger partial charge is 0.304 e. The normalized spacial score (nSPS) is 47.1. The van der Waals surface area contributed by atoms with Gasteiger partial charge in [0.25, 0.3) is 0 Å². The van der Waals surface area contributed by atoms with Gasteiger partial charge in [-0.3, -0.25) is 9.59 Å². The van der Waals surface area contributed by atoms with Crippen LogP contribution in [0.4, 0.5) is 0 Å². The van der Waals surface area contributed by atoms with Gasteiger partial charge < -0.3 is 4.74 Å². The van der Waals surface area contributed by atoms with Crippen molar-refractivity contribution in [1.29, 1.82) is 0 Å². The third-order valence-corrected chi connectivity index (χ3v) is 8.63. The molecule has 3 saturated carbocycles. The number of rotatable bonds is 1. The van der Waals surface area contributed by atoms with Crippen molar-refractivity contribution in [2.75, 3.05) is 0 Å². The molecule has 0 aromatic rings. The lowest BCUT2D eigenvalue weighted by molar-refractivity contribution is -0.169. The maximum Gasteiger partial charge on any atom is 0.304 e. The van der Waals surface area contributed by atoms with E-state index in [-0.39, 0.29) is 16.8 Å². The molecule has 0 aromatic carbocycles. The fourth-order valence-electron chi connectivity index (χ4n) is 7.24. The van der Waals surface area contributed by atoms with Crippen LogP contribution in [0.2, 0.25) is 0 Å². The van der Waals surface area contributed by atoms with Crippen molar-refractivity contribution in [3.63, 3.8) is 0 Å². The van der Waals surface area contributed by atoms with Gasteiger partial charge in [-0.05, 0) is 74.2 Å². The fourth-order valence-corrected chi connectivity index (χ4v) is 7.24. The van der Waals surface area contributed by atoms with Gasteiger partial charge in [-0.2, -0.15) is 0 Å². The molecule has 26 heavy (non-hydrogen) atoms. The molecule has 0 unspecified atom stereocenters. The van der Waals surface area contributed by atoms with Crippen molar-refractivity contribution in [1.82, 2.24) is 0 Å². The number of allylic oxidation sites excluding steroid dienone is 1. The molecule has 0 N–H and O–H groups in total. The Morgan fingerprint density at radius 3 is 2.58 bits per heavy atom. The molecule has 140 valence electrons. The summed E-state index contributed by atoms with van der Waals surface area (Å²) in [5.41, 5.74) is 0.686. The van der Waals surface area contributed by atoms with Gasteiger partial charge in [0.05, 0.1) is 0 Å². The molecule has 3 heteroatoms. The van der Waals surface area contributed by atoms with Gasteiger partial charge in [-0.25, -0.2) is 0 Å². The molecule has 0 amide bonds. The molecule has 6 atom stereocenters. The highest BCUT2D eigenvalue weighted by molar-refractivity contribution is 5.91. The third-order valence-electron chi connectivity index (χ3n) is 8.63. The van der Waals surface area contributed by atoms with Crippen molar-refractivity contribution < 1.29 is 14.3 Å². The summed E-state index contributed by atoms with van der Waals surface area (Å²) in [5, 5.41) is 0. The zero-order chi connectivity index (χ0) is 18.7. The van der Waals surface area contributed by atoms with Gasteiger partial charge in [0.15, 0.2) is 11.4 Å². The Kier molecular flexibility index (Phi) is 3.92. The van der Waals surface area contributed by atoms with E-state index >= 15 is 0 Å². The van der Waals surface area contributed by atoms with Crippen LogP contribution in [0.15, 0.2) is 11.6 Å². The number of hydrogen-bond acceptors (Lipinski definition) is 3. The van der Waals surface area contributed by atoms with Crippen LogP contribution in [0.5, 0.6) is 0 Å². The van der Waals surface area contributed by atoms with Gasteiger partial charge in [0.1, 0.15) is 0 Å². The summed E-state index contributed by atoms with van der Waals surface area (Å²) in [5.74, 6) is 4.71. The Labute approximate surface area is 156 Å². The molecule has 3 fully saturated rings. The van der Waals surface area contributed by atoms with Gasteiger partial charge in [0.2, 0.25) is 0 Å². The third kappa shape index (κ3) is 2.20. The summed E-state index contributed by atoms with van der Waals surface area (Å²) >= 11 is 0. The summed E-state index contributed by atoms with van der Waals surface area (Å²) in [4.78, 5) is 23.7. The highest BCUT2D eigenvalue weighted by Crippen LogP contribution is 2.68. The standard InChI is InChI=1S/C23H30O3/c1-5-23(26-15(2)24)13-10-20-18-7-6-16-14-17(25)8-11-21(16,3)19(18)9-12-22(20,23)4/h1,14,18-20H,6-13H2,2-4H3/t18-,19+,20+,21+,22+,23+/m1/s1. The van der Waals surface area contributed by atoms with Crippen LogP contribution in [0.3, 0.4) is 0 Å². The number of carbonyl (C=O) groups is 2. The molecule has 4 rings (SSSR count). The van der Waals surface area contributed by atoms with Crippen LogP contribution in [0, 0.1) is 40.9 Å². The van der Waals surface area contributed by atoms with Gasteiger partial charge in [-0.15, -0.1) is 6.42 Å². The molecule has 0 saturated heterocycles. The van der Waals surface area contributed by atoms with Gasteiger partial charge in [0, 0.05) is 18.8 Å². The second-order valence-corrected chi connectivity index (χ2v) is 9.53. The lowest BCUT2D eigenvalue weighted by Gasteiger charge is -2.58. The van der Waals surface area contributed by atoms with E-state index in [2.05, 4.69) is 19.8 Å². The average Bonchev–Trinajstić information content (AvgIpc) is 2.88. The Morgan fingerprint density at radius 1 is 1.15 bits per heavy atom. The first-order valence-corrected chi connectivity index (χ1v) is 10.2. The molecule has 4 aliphatic carbocycles. The van der Waals surface area contributed by atoms with E-state index in [0.29, 0.717) is 30.0 Å². The molecule has 0 aromatic heterocycles. The maximum absolute atomic E-state index is 11.9. The van der Waals surface area contributed by atoms with Crippen LogP contribution in [0.1, 0.15) is 72.1 Å². The van der Waals surface area contributed by atoms with E-state index in [1.165, 1.54) is 12.5 Å². The van der Waals surface area contributed by atoms with Crippen LogP contribution in [-0.2, 0) is 14.3 Å². The summed E-state index contributed by atoms with van der Waals surface area (Å²) in [6.45, 7) is 6.13. The van der Waals surface area contributed by atoms with Crippen molar-refractivity contribution in [3.8, 4) is 12.3 Å². The maximum atomic E-state index is 11.9. The van der Waals surface area contributed by atoms with Crippen LogP contribution in [0.25, 0.3) is 0 Å². The summed E-state index contributed by atoms with van der Waals surface area (Å²) < 4.78 is 5.81. The van der Waals surface area contributed by atoms with E-state index in [1.807, 2.05) is 6.08 Å². The largest absolute Gasteiger partial charge is 0.445 e. The second-order valence-electron chi connectivity index (χ2n) is 9.53. The predicted molar refractivity (Wildman–Crippen MR) is 100 cm³/mol. The second kappa shape index (κ2) is 5.72. The monoisotopic (exact) mass is 354 g/mol.